The Labute approximate surface area is 98.7 Å². The molecule has 1 aromatic carbocycles. The van der Waals surface area contributed by atoms with Crippen LogP contribution in [0.5, 0.6) is 0 Å². The summed E-state index contributed by atoms with van der Waals surface area (Å²) in [6, 6.07) is 4.80. The summed E-state index contributed by atoms with van der Waals surface area (Å²) in [4.78, 5) is 10.6. The van der Waals surface area contributed by atoms with E-state index in [9.17, 15) is 9.18 Å². The number of hydrogen-bond acceptors (Lipinski definition) is 2. The molecule has 1 nitrogen and oxygen atoms in total. The van der Waals surface area contributed by atoms with Crippen LogP contribution in [-0.4, -0.2) is 6.29 Å². The van der Waals surface area contributed by atoms with E-state index in [0.29, 0.717) is 11.8 Å². The molecule has 1 aromatic heterocycles. The Morgan fingerprint density at radius 2 is 2.07 bits per heavy atom. The van der Waals surface area contributed by atoms with Gasteiger partial charge in [0.25, 0.3) is 0 Å². The molecule has 4 heteroatoms. The summed E-state index contributed by atoms with van der Waals surface area (Å²) in [5, 5.41) is 3.72. The number of thiophene rings is 1. The van der Waals surface area contributed by atoms with Crippen LogP contribution in [-0.2, 0) is 0 Å². The van der Waals surface area contributed by atoms with Crippen LogP contribution >= 0.6 is 27.3 Å². The van der Waals surface area contributed by atoms with Crippen molar-refractivity contribution in [2.45, 2.75) is 0 Å². The molecular weight excluding hydrogens is 279 g/mol. The van der Waals surface area contributed by atoms with Crippen LogP contribution < -0.4 is 0 Å². The third-order valence-corrected chi connectivity index (χ3v) is 3.76. The summed E-state index contributed by atoms with van der Waals surface area (Å²) in [7, 11) is 0. The summed E-state index contributed by atoms with van der Waals surface area (Å²) >= 11 is 4.82. The van der Waals surface area contributed by atoms with Crippen LogP contribution in [0.1, 0.15) is 10.4 Å². The number of benzene rings is 1. The molecule has 0 radical (unpaired) electrons. The maximum atomic E-state index is 13.8. The van der Waals surface area contributed by atoms with E-state index >= 15 is 0 Å². The minimum atomic E-state index is -0.466. The van der Waals surface area contributed by atoms with E-state index in [1.165, 1.54) is 17.4 Å². The zero-order chi connectivity index (χ0) is 10.8. The number of hydrogen-bond donors (Lipinski definition) is 0. The minimum absolute atomic E-state index is 0.0885. The Morgan fingerprint density at radius 1 is 1.27 bits per heavy atom. The van der Waals surface area contributed by atoms with Gasteiger partial charge in [0, 0.05) is 21.0 Å². The number of carbonyl (C=O) groups is 1. The number of aldehydes is 1. The first-order chi connectivity index (χ1) is 7.24. The van der Waals surface area contributed by atoms with Crippen molar-refractivity contribution in [1.29, 1.82) is 0 Å². The molecule has 0 saturated heterocycles. The van der Waals surface area contributed by atoms with Gasteiger partial charge in [-0.25, -0.2) is 4.39 Å². The van der Waals surface area contributed by atoms with Gasteiger partial charge in [0.2, 0.25) is 0 Å². The molecule has 0 unspecified atom stereocenters. The largest absolute Gasteiger partial charge is 0.298 e. The molecule has 0 bridgehead atoms. The molecule has 76 valence electrons. The number of halogens is 2. The summed E-state index contributed by atoms with van der Waals surface area (Å²) in [6.07, 6.45) is 0.527. The lowest BCUT2D eigenvalue weighted by Gasteiger charge is -2.03. The first-order valence-electron chi connectivity index (χ1n) is 4.20. The molecule has 15 heavy (non-hydrogen) atoms. The fourth-order valence-electron chi connectivity index (χ4n) is 1.32. The predicted molar refractivity (Wildman–Crippen MR) is 62.8 cm³/mol. The van der Waals surface area contributed by atoms with Crippen molar-refractivity contribution in [3.8, 4) is 11.1 Å². The lowest BCUT2D eigenvalue weighted by Crippen LogP contribution is -1.90. The first-order valence-corrected chi connectivity index (χ1v) is 5.93. The monoisotopic (exact) mass is 284 g/mol. The second-order valence-corrected chi connectivity index (χ2v) is 4.56. The molecule has 0 atom stereocenters. The van der Waals surface area contributed by atoms with Crippen molar-refractivity contribution in [1.82, 2.24) is 0 Å². The van der Waals surface area contributed by atoms with Crippen molar-refractivity contribution in [3.63, 3.8) is 0 Å². The molecule has 0 N–H and O–H groups in total. The molecule has 1 heterocycles. The molecule has 0 spiro atoms. The van der Waals surface area contributed by atoms with Crippen molar-refractivity contribution in [2.75, 3.05) is 0 Å². The van der Waals surface area contributed by atoms with Crippen LogP contribution in [0.4, 0.5) is 4.39 Å². The smallest absolute Gasteiger partial charge is 0.153 e. The highest BCUT2D eigenvalue weighted by Gasteiger charge is 2.12. The fraction of sp³-hybridized carbons (Fsp3) is 0. The molecule has 0 amide bonds. The number of carbonyl (C=O) groups excluding carboxylic acids is 1. The van der Waals surface area contributed by atoms with Crippen LogP contribution in [0, 0.1) is 5.82 Å². The normalized spacial score (nSPS) is 10.3. The molecule has 0 fully saturated rings. The van der Waals surface area contributed by atoms with Gasteiger partial charge >= 0.3 is 0 Å². The van der Waals surface area contributed by atoms with E-state index < -0.39 is 5.82 Å². The standard InChI is InChI=1S/C11H6BrFOS/c12-10-6-15-5-9(10)8-3-1-2-7(4-14)11(8)13/h1-6H. The van der Waals surface area contributed by atoms with Gasteiger partial charge in [0.05, 0.1) is 5.56 Å². The Balaban J connectivity index is 2.64. The summed E-state index contributed by atoms with van der Waals surface area (Å²) in [6.45, 7) is 0. The van der Waals surface area contributed by atoms with Gasteiger partial charge in [-0.05, 0) is 27.4 Å². The first kappa shape index (κ1) is 10.5. The Morgan fingerprint density at radius 3 is 2.67 bits per heavy atom. The molecule has 2 aromatic rings. The van der Waals surface area contributed by atoms with Crippen molar-refractivity contribution < 1.29 is 9.18 Å². The maximum absolute atomic E-state index is 13.8. The lowest BCUT2D eigenvalue weighted by atomic mass is 10.1. The van der Waals surface area contributed by atoms with E-state index in [0.717, 1.165) is 10.0 Å². The molecule has 0 aliphatic carbocycles. The van der Waals surface area contributed by atoms with Gasteiger partial charge < -0.3 is 0 Å². The van der Waals surface area contributed by atoms with Crippen LogP contribution in [0.25, 0.3) is 11.1 Å². The van der Waals surface area contributed by atoms with Gasteiger partial charge in [-0.15, -0.1) is 0 Å². The predicted octanol–water partition coefficient (Wildman–Crippen LogP) is 4.13. The summed E-state index contributed by atoms with van der Waals surface area (Å²) < 4.78 is 14.6. The van der Waals surface area contributed by atoms with E-state index in [1.54, 1.807) is 12.1 Å². The third kappa shape index (κ3) is 1.87. The lowest BCUT2D eigenvalue weighted by molar-refractivity contribution is 0.112. The minimum Gasteiger partial charge on any atom is -0.298 e. The Bertz CT molecular complexity index is 507. The molecule has 2 rings (SSSR count). The average Bonchev–Trinajstić information content (AvgIpc) is 2.65. The molecule has 0 aliphatic heterocycles. The summed E-state index contributed by atoms with van der Waals surface area (Å²) in [5.74, 6) is -0.466. The second kappa shape index (κ2) is 4.24. The Hall–Kier alpha value is -1.00. The van der Waals surface area contributed by atoms with E-state index in [4.69, 9.17) is 0 Å². The van der Waals surface area contributed by atoms with Crippen molar-refractivity contribution in [2.24, 2.45) is 0 Å². The van der Waals surface area contributed by atoms with Gasteiger partial charge in [-0.2, -0.15) is 11.3 Å². The van der Waals surface area contributed by atoms with Crippen LogP contribution in [0.2, 0.25) is 0 Å². The highest BCUT2D eigenvalue weighted by Crippen LogP contribution is 2.33. The highest BCUT2D eigenvalue weighted by molar-refractivity contribution is 9.10. The van der Waals surface area contributed by atoms with Crippen molar-refractivity contribution in [3.05, 3.63) is 44.8 Å². The SMILES string of the molecule is O=Cc1cccc(-c2cscc2Br)c1F. The number of rotatable bonds is 2. The van der Waals surface area contributed by atoms with E-state index in [2.05, 4.69) is 15.9 Å². The average molecular weight is 285 g/mol. The van der Waals surface area contributed by atoms with Gasteiger partial charge in [0.15, 0.2) is 6.29 Å². The second-order valence-electron chi connectivity index (χ2n) is 2.96. The van der Waals surface area contributed by atoms with E-state index in [-0.39, 0.29) is 5.56 Å². The van der Waals surface area contributed by atoms with E-state index in [1.807, 2.05) is 10.8 Å². The molecular formula is C11H6BrFOS. The maximum Gasteiger partial charge on any atom is 0.153 e. The highest BCUT2D eigenvalue weighted by atomic mass is 79.9. The zero-order valence-electron chi connectivity index (χ0n) is 7.54. The topological polar surface area (TPSA) is 17.1 Å². The third-order valence-electron chi connectivity index (χ3n) is 2.06. The molecule has 0 aliphatic rings. The Kier molecular flexibility index (Phi) is 2.98. The van der Waals surface area contributed by atoms with Crippen LogP contribution in [0.3, 0.4) is 0 Å². The van der Waals surface area contributed by atoms with Crippen molar-refractivity contribution >= 4 is 33.6 Å². The summed E-state index contributed by atoms with van der Waals surface area (Å²) in [5.41, 5.74) is 1.32. The fourth-order valence-corrected chi connectivity index (χ4v) is 2.83. The van der Waals surface area contributed by atoms with Gasteiger partial charge in [-0.1, -0.05) is 12.1 Å². The zero-order valence-corrected chi connectivity index (χ0v) is 9.94. The quantitative estimate of drug-likeness (QED) is 0.758. The van der Waals surface area contributed by atoms with Gasteiger partial charge in [0.1, 0.15) is 5.82 Å². The molecule has 0 saturated carbocycles. The van der Waals surface area contributed by atoms with Gasteiger partial charge in [-0.3, -0.25) is 4.79 Å². The van der Waals surface area contributed by atoms with Crippen LogP contribution in [0.15, 0.2) is 33.4 Å².